The second-order valence-corrected chi connectivity index (χ2v) is 7.87. The molecule has 6 heteroatoms. The number of carbonyl (C=O) groups excluding carboxylic acids is 1. The highest BCUT2D eigenvalue weighted by molar-refractivity contribution is 7.98. The number of aromatic nitrogens is 2. The minimum absolute atomic E-state index is 0.0563. The van der Waals surface area contributed by atoms with Gasteiger partial charge in [0.25, 0.3) is 5.56 Å². The van der Waals surface area contributed by atoms with Gasteiger partial charge < -0.3 is 10.3 Å². The predicted octanol–water partition coefficient (Wildman–Crippen LogP) is 2.57. The fourth-order valence-corrected chi connectivity index (χ4v) is 3.95. The summed E-state index contributed by atoms with van der Waals surface area (Å²) in [5.41, 5.74) is 0.633. The van der Waals surface area contributed by atoms with Crippen LogP contribution in [0.1, 0.15) is 45.7 Å². The van der Waals surface area contributed by atoms with Crippen molar-refractivity contribution in [2.24, 2.45) is 17.3 Å². The molecular formula is C16H25N3O2S. The van der Waals surface area contributed by atoms with Crippen LogP contribution in [0.3, 0.4) is 0 Å². The van der Waals surface area contributed by atoms with Gasteiger partial charge in [-0.1, -0.05) is 32.5 Å². The summed E-state index contributed by atoms with van der Waals surface area (Å²) in [5, 5.41) is 3.52. The van der Waals surface area contributed by atoms with Crippen molar-refractivity contribution in [2.75, 3.05) is 6.26 Å². The third-order valence-electron chi connectivity index (χ3n) is 4.17. The first-order valence-corrected chi connectivity index (χ1v) is 8.93. The number of hydrogen-bond donors (Lipinski definition) is 2. The smallest absolute Gasteiger partial charge is 0.251 e. The molecule has 2 atom stereocenters. The molecule has 0 radical (unpaired) electrons. The Kier molecular flexibility index (Phi) is 5.32. The number of amides is 1. The maximum atomic E-state index is 12.4. The van der Waals surface area contributed by atoms with Crippen molar-refractivity contribution in [3.05, 3.63) is 22.1 Å². The lowest BCUT2D eigenvalue weighted by atomic mass is 9.68. The maximum absolute atomic E-state index is 12.4. The van der Waals surface area contributed by atoms with Crippen molar-refractivity contribution in [3.8, 4) is 0 Å². The van der Waals surface area contributed by atoms with E-state index < -0.39 is 0 Å². The summed E-state index contributed by atoms with van der Waals surface area (Å²) in [4.78, 5) is 30.9. The average molecular weight is 323 g/mol. The van der Waals surface area contributed by atoms with Crippen LogP contribution >= 0.6 is 11.8 Å². The van der Waals surface area contributed by atoms with Gasteiger partial charge in [0, 0.05) is 12.0 Å². The van der Waals surface area contributed by atoms with Crippen LogP contribution < -0.4 is 10.9 Å². The lowest BCUT2D eigenvalue weighted by Crippen LogP contribution is -2.38. The van der Waals surface area contributed by atoms with Crippen molar-refractivity contribution in [2.45, 2.75) is 51.7 Å². The molecule has 5 nitrogen and oxygen atoms in total. The molecule has 2 N–H and O–H groups in total. The monoisotopic (exact) mass is 323 g/mol. The van der Waals surface area contributed by atoms with Crippen LogP contribution in [0.25, 0.3) is 0 Å². The number of H-pyrrole nitrogens is 1. The second kappa shape index (κ2) is 6.86. The van der Waals surface area contributed by atoms with Crippen LogP contribution in [0.4, 0.5) is 0 Å². The summed E-state index contributed by atoms with van der Waals surface area (Å²) in [7, 11) is 0. The van der Waals surface area contributed by atoms with E-state index in [0.29, 0.717) is 23.3 Å². The number of carbonyl (C=O) groups is 1. The Morgan fingerprint density at radius 3 is 2.86 bits per heavy atom. The number of rotatable bonds is 4. The molecule has 1 amide bonds. The molecule has 1 saturated carbocycles. The molecule has 1 aromatic heterocycles. The van der Waals surface area contributed by atoms with Gasteiger partial charge in [0.2, 0.25) is 5.91 Å². The van der Waals surface area contributed by atoms with Gasteiger partial charge in [0.15, 0.2) is 5.16 Å². The summed E-state index contributed by atoms with van der Waals surface area (Å²) in [6, 6.07) is 1.44. The standard InChI is InChI=1S/C16H25N3O2S/c1-10-5-11(8-16(2,3)7-10)14(21)17-9-12-6-13(20)19-15(18-12)22-4/h6,10-11H,5,7-9H2,1-4H3,(H,17,21)(H,18,19,20). The summed E-state index contributed by atoms with van der Waals surface area (Å²) in [6.07, 6.45) is 4.88. The van der Waals surface area contributed by atoms with E-state index in [0.717, 1.165) is 12.8 Å². The predicted molar refractivity (Wildman–Crippen MR) is 88.8 cm³/mol. The molecule has 0 aliphatic heterocycles. The van der Waals surface area contributed by atoms with E-state index in [1.807, 2.05) is 6.26 Å². The fourth-order valence-electron chi connectivity index (χ4n) is 3.54. The van der Waals surface area contributed by atoms with Crippen LogP contribution in [0.15, 0.2) is 16.0 Å². The first kappa shape index (κ1) is 17.1. The Morgan fingerprint density at radius 1 is 1.50 bits per heavy atom. The lowest BCUT2D eigenvalue weighted by Gasteiger charge is -2.38. The Labute approximate surface area is 135 Å². The molecule has 1 aromatic rings. The zero-order valence-corrected chi connectivity index (χ0v) is 14.5. The molecule has 0 bridgehead atoms. The number of nitrogens with zero attached hydrogens (tertiary/aromatic N) is 1. The van der Waals surface area contributed by atoms with Gasteiger partial charge in [-0.3, -0.25) is 9.59 Å². The summed E-state index contributed by atoms with van der Waals surface area (Å²) in [6.45, 7) is 6.98. The molecule has 1 heterocycles. The number of thioether (sulfide) groups is 1. The van der Waals surface area contributed by atoms with Gasteiger partial charge in [-0.2, -0.15) is 0 Å². The largest absolute Gasteiger partial charge is 0.350 e. The number of hydrogen-bond acceptors (Lipinski definition) is 4. The molecule has 1 fully saturated rings. The van der Waals surface area contributed by atoms with Crippen molar-refractivity contribution < 1.29 is 4.79 Å². The van der Waals surface area contributed by atoms with Crippen molar-refractivity contribution in [1.82, 2.24) is 15.3 Å². The molecule has 1 aliphatic carbocycles. The van der Waals surface area contributed by atoms with Crippen molar-refractivity contribution in [3.63, 3.8) is 0 Å². The van der Waals surface area contributed by atoms with Gasteiger partial charge in [0.1, 0.15) is 0 Å². The van der Waals surface area contributed by atoms with Crippen LogP contribution in [0, 0.1) is 17.3 Å². The maximum Gasteiger partial charge on any atom is 0.251 e. The minimum Gasteiger partial charge on any atom is -0.350 e. The molecule has 22 heavy (non-hydrogen) atoms. The highest BCUT2D eigenvalue weighted by atomic mass is 32.2. The average Bonchev–Trinajstić information content (AvgIpc) is 2.41. The topological polar surface area (TPSA) is 74.8 Å². The van der Waals surface area contributed by atoms with Crippen LogP contribution in [-0.4, -0.2) is 22.1 Å². The van der Waals surface area contributed by atoms with Crippen LogP contribution in [0.2, 0.25) is 0 Å². The third-order valence-corrected chi connectivity index (χ3v) is 4.75. The van der Waals surface area contributed by atoms with E-state index in [-0.39, 0.29) is 22.8 Å². The SMILES string of the molecule is CSc1nc(CNC(=O)C2CC(C)CC(C)(C)C2)cc(=O)[nH]1. The van der Waals surface area contributed by atoms with Gasteiger partial charge in [0.05, 0.1) is 12.2 Å². The van der Waals surface area contributed by atoms with Gasteiger partial charge in [-0.15, -0.1) is 0 Å². The zero-order valence-electron chi connectivity index (χ0n) is 13.7. The highest BCUT2D eigenvalue weighted by Gasteiger charge is 2.35. The number of nitrogens with one attached hydrogen (secondary N) is 2. The van der Waals surface area contributed by atoms with Gasteiger partial charge in [-0.25, -0.2) is 4.98 Å². The van der Waals surface area contributed by atoms with Crippen LogP contribution in [0.5, 0.6) is 0 Å². The molecule has 2 rings (SSSR count). The molecule has 122 valence electrons. The second-order valence-electron chi connectivity index (χ2n) is 7.07. The third kappa shape index (κ3) is 4.60. The normalized spacial score (nSPS) is 24.0. The minimum atomic E-state index is -0.184. The summed E-state index contributed by atoms with van der Waals surface area (Å²) in [5.74, 6) is 0.702. The number of aromatic amines is 1. The fraction of sp³-hybridized carbons (Fsp3) is 0.688. The van der Waals surface area contributed by atoms with Crippen LogP contribution in [-0.2, 0) is 11.3 Å². The Balaban J connectivity index is 1.98. The van der Waals surface area contributed by atoms with Crippen molar-refractivity contribution in [1.29, 1.82) is 0 Å². The summed E-state index contributed by atoms with van der Waals surface area (Å²) >= 11 is 1.38. The lowest BCUT2D eigenvalue weighted by molar-refractivity contribution is -0.128. The Hall–Kier alpha value is -1.30. The molecule has 2 unspecified atom stereocenters. The van der Waals surface area contributed by atoms with E-state index in [2.05, 4.69) is 36.1 Å². The first-order chi connectivity index (χ1) is 10.3. The molecule has 0 aromatic carbocycles. The molecule has 0 spiro atoms. The summed E-state index contributed by atoms with van der Waals surface area (Å²) < 4.78 is 0. The Morgan fingerprint density at radius 2 is 2.23 bits per heavy atom. The molecule has 0 saturated heterocycles. The van der Waals surface area contributed by atoms with Crippen molar-refractivity contribution >= 4 is 17.7 Å². The van der Waals surface area contributed by atoms with E-state index in [1.165, 1.54) is 24.2 Å². The van der Waals surface area contributed by atoms with E-state index in [4.69, 9.17) is 0 Å². The van der Waals surface area contributed by atoms with Gasteiger partial charge >= 0.3 is 0 Å². The first-order valence-electron chi connectivity index (χ1n) is 7.71. The highest BCUT2D eigenvalue weighted by Crippen LogP contribution is 2.41. The molecular weight excluding hydrogens is 298 g/mol. The van der Waals surface area contributed by atoms with Gasteiger partial charge in [-0.05, 0) is 36.9 Å². The van der Waals surface area contributed by atoms with E-state index in [9.17, 15) is 9.59 Å². The Bertz CT molecular complexity index is 597. The van der Waals surface area contributed by atoms with E-state index >= 15 is 0 Å². The zero-order chi connectivity index (χ0) is 16.3. The molecule has 1 aliphatic rings. The quantitative estimate of drug-likeness (QED) is 0.660. The van der Waals surface area contributed by atoms with E-state index in [1.54, 1.807) is 0 Å².